The maximum atomic E-state index is 12.3. The highest BCUT2D eigenvalue weighted by Gasteiger charge is 2.15. The first-order chi connectivity index (χ1) is 11.9. The summed E-state index contributed by atoms with van der Waals surface area (Å²) in [5.74, 6) is -0.225. The van der Waals surface area contributed by atoms with Crippen molar-refractivity contribution in [2.75, 3.05) is 11.9 Å². The standard InChI is InChI=1S/C19H24N2O3S/c1-3-4-8-13-20-25(23,24)17-11-12-18(15(2)14-17)21-19(22)16-9-6-5-7-10-16/h5-7,9-12,14,20H,3-4,8,13H2,1-2H3,(H,21,22). The minimum atomic E-state index is -3.52. The largest absolute Gasteiger partial charge is 0.322 e. The first-order valence-corrected chi connectivity index (χ1v) is 9.89. The van der Waals surface area contributed by atoms with E-state index in [0.29, 0.717) is 23.4 Å². The third-order valence-electron chi connectivity index (χ3n) is 3.86. The van der Waals surface area contributed by atoms with Crippen molar-refractivity contribution in [2.45, 2.75) is 38.0 Å². The molecule has 25 heavy (non-hydrogen) atoms. The number of amides is 1. The second kappa shape index (κ2) is 8.78. The molecule has 0 unspecified atom stereocenters. The Morgan fingerprint density at radius 3 is 2.40 bits per heavy atom. The fraction of sp³-hybridized carbons (Fsp3) is 0.316. The predicted octanol–water partition coefficient (Wildman–Crippen LogP) is 3.72. The summed E-state index contributed by atoms with van der Waals surface area (Å²) in [7, 11) is -3.52. The van der Waals surface area contributed by atoms with Gasteiger partial charge in [-0.1, -0.05) is 38.0 Å². The lowest BCUT2D eigenvalue weighted by Gasteiger charge is -2.11. The van der Waals surface area contributed by atoms with Gasteiger partial charge >= 0.3 is 0 Å². The van der Waals surface area contributed by atoms with E-state index in [4.69, 9.17) is 0 Å². The summed E-state index contributed by atoms with van der Waals surface area (Å²) >= 11 is 0. The quantitative estimate of drug-likeness (QED) is 0.705. The van der Waals surface area contributed by atoms with Gasteiger partial charge in [-0.05, 0) is 49.2 Å². The van der Waals surface area contributed by atoms with Gasteiger partial charge in [0.15, 0.2) is 0 Å². The number of nitrogens with one attached hydrogen (secondary N) is 2. The average molecular weight is 360 g/mol. The fourth-order valence-electron chi connectivity index (χ4n) is 2.39. The Kier molecular flexibility index (Phi) is 6.73. The van der Waals surface area contributed by atoms with Gasteiger partial charge in [0.1, 0.15) is 0 Å². The molecule has 0 aliphatic rings. The molecule has 0 saturated carbocycles. The SMILES string of the molecule is CCCCCNS(=O)(=O)c1ccc(NC(=O)c2ccccc2)c(C)c1. The summed E-state index contributed by atoms with van der Waals surface area (Å²) in [4.78, 5) is 12.4. The van der Waals surface area contributed by atoms with Gasteiger partial charge in [-0.3, -0.25) is 4.79 Å². The van der Waals surface area contributed by atoms with Crippen molar-refractivity contribution < 1.29 is 13.2 Å². The van der Waals surface area contributed by atoms with Crippen LogP contribution >= 0.6 is 0 Å². The zero-order valence-corrected chi connectivity index (χ0v) is 15.4. The predicted molar refractivity (Wildman–Crippen MR) is 100 cm³/mol. The lowest BCUT2D eigenvalue weighted by molar-refractivity contribution is 0.102. The number of carbonyl (C=O) groups is 1. The van der Waals surface area contributed by atoms with Crippen LogP contribution in [0.1, 0.15) is 42.1 Å². The molecule has 5 nitrogen and oxygen atoms in total. The van der Waals surface area contributed by atoms with Gasteiger partial charge < -0.3 is 5.32 Å². The number of unbranched alkanes of at least 4 members (excludes halogenated alkanes) is 2. The summed E-state index contributed by atoms with van der Waals surface area (Å²) < 4.78 is 27.2. The van der Waals surface area contributed by atoms with Gasteiger partial charge in [-0.15, -0.1) is 0 Å². The smallest absolute Gasteiger partial charge is 0.255 e. The Bertz CT molecular complexity index is 818. The van der Waals surface area contributed by atoms with Gasteiger partial charge in [0.2, 0.25) is 10.0 Å². The number of rotatable bonds is 8. The summed E-state index contributed by atoms with van der Waals surface area (Å²) in [6.45, 7) is 4.28. The number of carbonyl (C=O) groups excluding carboxylic acids is 1. The van der Waals surface area contributed by atoms with Crippen molar-refractivity contribution in [3.8, 4) is 0 Å². The molecule has 2 aromatic rings. The molecule has 0 atom stereocenters. The zero-order chi connectivity index (χ0) is 18.3. The summed E-state index contributed by atoms with van der Waals surface area (Å²) in [5, 5.41) is 2.81. The molecule has 0 bridgehead atoms. The first-order valence-electron chi connectivity index (χ1n) is 8.41. The Morgan fingerprint density at radius 1 is 1.04 bits per heavy atom. The van der Waals surface area contributed by atoms with E-state index >= 15 is 0 Å². The molecule has 2 rings (SSSR count). The molecule has 2 N–H and O–H groups in total. The minimum absolute atomic E-state index is 0.208. The number of aryl methyl sites for hydroxylation is 1. The van der Waals surface area contributed by atoms with Crippen LogP contribution in [0.15, 0.2) is 53.4 Å². The van der Waals surface area contributed by atoms with E-state index in [-0.39, 0.29) is 10.8 Å². The highest BCUT2D eigenvalue weighted by atomic mass is 32.2. The van der Waals surface area contributed by atoms with E-state index in [9.17, 15) is 13.2 Å². The Balaban J connectivity index is 2.08. The van der Waals surface area contributed by atoms with Crippen LogP contribution in [0.5, 0.6) is 0 Å². The lowest BCUT2D eigenvalue weighted by Crippen LogP contribution is -2.25. The van der Waals surface area contributed by atoms with Gasteiger partial charge in [0, 0.05) is 17.8 Å². The van der Waals surface area contributed by atoms with E-state index in [2.05, 4.69) is 17.0 Å². The highest BCUT2D eigenvalue weighted by molar-refractivity contribution is 7.89. The molecule has 2 aromatic carbocycles. The second-order valence-electron chi connectivity index (χ2n) is 5.90. The van der Waals surface area contributed by atoms with Gasteiger partial charge in [-0.25, -0.2) is 13.1 Å². The average Bonchev–Trinajstić information content (AvgIpc) is 2.61. The molecule has 0 spiro atoms. The molecule has 0 saturated heterocycles. The van der Waals surface area contributed by atoms with Crippen molar-refractivity contribution in [1.82, 2.24) is 4.72 Å². The second-order valence-corrected chi connectivity index (χ2v) is 7.67. The third-order valence-corrected chi connectivity index (χ3v) is 5.32. The van der Waals surface area contributed by atoms with Crippen LogP contribution < -0.4 is 10.0 Å². The zero-order valence-electron chi connectivity index (χ0n) is 14.6. The molecule has 0 radical (unpaired) electrons. The molecular weight excluding hydrogens is 336 g/mol. The number of anilines is 1. The molecule has 0 aromatic heterocycles. The summed E-state index contributed by atoms with van der Waals surface area (Å²) in [6.07, 6.45) is 2.85. The summed E-state index contributed by atoms with van der Waals surface area (Å²) in [6, 6.07) is 13.6. The van der Waals surface area contributed by atoms with Crippen molar-refractivity contribution in [3.63, 3.8) is 0 Å². The van der Waals surface area contributed by atoms with Gasteiger partial charge in [0.05, 0.1) is 4.90 Å². The van der Waals surface area contributed by atoms with Crippen LogP contribution in [-0.2, 0) is 10.0 Å². The van der Waals surface area contributed by atoms with Gasteiger partial charge in [-0.2, -0.15) is 0 Å². The molecule has 0 heterocycles. The molecule has 0 aliphatic carbocycles. The summed E-state index contributed by atoms with van der Waals surface area (Å²) in [5.41, 5.74) is 1.84. The van der Waals surface area contributed by atoms with Crippen LogP contribution in [0.4, 0.5) is 5.69 Å². The van der Waals surface area contributed by atoms with Crippen LogP contribution in [-0.4, -0.2) is 20.9 Å². The minimum Gasteiger partial charge on any atom is -0.322 e. The number of benzene rings is 2. The maximum absolute atomic E-state index is 12.3. The van der Waals surface area contributed by atoms with Crippen LogP contribution in [0.3, 0.4) is 0 Å². The topological polar surface area (TPSA) is 75.3 Å². The first kappa shape index (κ1) is 19.1. The number of hydrogen-bond acceptors (Lipinski definition) is 3. The molecule has 0 fully saturated rings. The van der Waals surface area contributed by atoms with E-state index in [0.717, 1.165) is 19.3 Å². The van der Waals surface area contributed by atoms with Crippen LogP contribution in [0.2, 0.25) is 0 Å². The van der Waals surface area contributed by atoms with Crippen molar-refractivity contribution in [1.29, 1.82) is 0 Å². The van der Waals surface area contributed by atoms with E-state index in [1.807, 2.05) is 6.07 Å². The Labute approximate surface area is 149 Å². The number of hydrogen-bond donors (Lipinski definition) is 2. The van der Waals surface area contributed by atoms with E-state index in [1.165, 1.54) is 6.07 Å². The van der Waals surface area contributed by atoms with Crippen LogP contribution in [0, 0.1) is 6.92 Å². The van der Waals surface area contributed by atoms with Crippen molar-refractivity contribution in [3.05, 3.63) is 59.7 Å². The third kappa shape index (κ3) is 5.41. The normalized spacial score (nSPS) is 11.3. The molecule has 0 aliphatic heterocycles. The fourth-order valence-corrected chi connectivity index (χ4v) is 3.55. The molecule has 1 amide bonds. The molecule has 6 heteroatoms. The van der Waals surface area contributed by atoms with Crippen molar-refractivity contribution in [2.24, 2.45) is 0 Å². The van der Waals surface area contributed by atoms with Gasteiger partial charge in [0.25, 0.3) is 5.91 Å². The molecule has 134 valence electrons. The maximum Gasteiger partial charge on any atom is 0.255 e. The van der Waals surface area contributed by atoms with Crippen molar-refractivity contribution >= 4 is 21.6 Å². The molecular formula is C19H24N2O3S. The highest BCUT2D eigenvalue weighted by Crippen LogP contribution is 2.20. The lowest BCUT2D eigenvalue weighted by atomic mass is 10.1. The van der Waals surface area contributed by atoms with Crippen LogP contribution in [0.25, 0.3) is 0 Å². The Hall–Kier alpha value is -2.18. The Morgan fingerprint density at radius 2 is 1.76 bits per heavy atom. The van der Waals surface area contributed by atoms with E-state index < -0.39 is 10.0 Å². The monoisotopic (exact) mass is 360 g/mol. The van der Waals surface area contributed by atoms with E-state index in [1.54, 1.807) is 43.3 Å². The number of sulfonamides is 1.